The average Bonchev–Trinajstić information content (AvgIpc) is 2.61. The Morgan fingerprint density at radius 1 is 1.07 bits per heavy atom. The van der Waals surface area contributed by atoms with Gasteiger partial charge in [0.25, 0.3) is 0 Å². The van der Waals surface area contributed by atoms with Crippen molar-refractivity contribution >= 4 is 11.6 Å². The summed E-state index contributed by atoms with van der Waals surface area (Å²) >= 11 is 0. The molecule has 2 aromatic carbocycles. The van der Waals surface area contributed by atoms with Crippen LogP contribution in [0.3, 0.4) is 0 Å². The second-order valence-electron chi connectivity index (χ2n) is 5.27. The summed E-state index contributed by atoms with van der Waals surface area (Å²) in [5, 5.41) is 19.6. The van der Waals surface area contributed by atoms with E-state index in [0.29, 0.717) is 6.07 Å². The number of nitriles is 2. The molecule has 0 spiro atoms. The molecule has 0 aromatic heterocycles. The van der Waals surface area contributed by atoms with Crippen LogP contribution in [0.4, 0.5) is 23.2 Å². The zero-order valence-electron chi connectivity index (χ0n) is 13.6. The summed E-state index contributed by atoms with van der Waals surface area (Å²) in [5.41, 5.74) is -1.96. The first-order chi connectivity index (χ1) is 12.7. The summed E-state index contributed by atoms with van der Waals surface area (Å²) in [4.78, 5) is 11.8. The van der Waals surface area contributed by atoms with E-state index in [0.717, 1.165) is 12.1 Å². The molecule has 0 saturated carbocycles. The van der Waals surface area contributed by atoms with E-state index in [1.807, 2.05) is 0 Å². The second-order valence-corrected chi connectivity index (χ2v) is 5.27. The molecule has 1 amide bonds. The summed E-state index contributed by atoms with van der Waals surface area (Å²) in [7, 11) is 0. The van der Waals surface area contributed by atoms with Crippen molar-refractivity contribution in [3.05, 3.63) is 58.9 Å². The Bertz CT molecular complexity index is 943. The number of ether oxygens (including phenoxy) is 1. The minimum absolute atomic E-state index is 0.108. The fourth-order valence-electron chi connectivity index (χ4n) is 2.12. The fraction of sp³-hybridized carbons (Fsp3) is 0.167. The van der Waals surface area contributed by atoms with Gasteiger partial charge in [0.15, 0.2) is 0 Å². The van der Waals surface area contributed by atoms with E-state index in [1.165, 1.54) is 24.3 Å². The van der Waals surface area contributed by atoms with Crippen LogP contribution in [0.25, 0.3) is 0 Å². The van der Waals surface area contributed by atoms with Crippen molar-refractivity contribution in [2.45, 2.75) is 12.6 Å². The maximum atomic E-state index is 13.4. The van der Waals surface area contributed by atoms with Gasteiger partial charge < -0.3 is 10.1 Å². The lowest BCUT2D eigenvalue weighted by Gasteiger charge is -2.12. The molecule has 0 bridgehead atoms. The van der Waals surface area contributed by atoms with Crippen molar-refractivity contribution in [3.8, 4) is 17.9 Å². The number of hydrogen-bond acceptors (Lipinski definition) is 4. The van der Waals surface area contributed by atoms with E-state index in [-0.39, 0.29) is 30.0 Å². The molecule has 0 unspecified atom stereocenters. The zero-order valence-corrected chi connectivity index (χ0v) is 13.6. The predicted molar refractivity (Wildman–Crippen MR) is 86.0 cm³/mol. The minimum Gasteiger partial charge on any atom is -0.493 e. The van der Waals surface area contributed by atoms with E-state index < -0.39 is 29.0 Å². The van der Waals surface area contributed by atoms with Crippen LogP contribution >= 0.6 is 0 Å². The van der Waals surface area contributed by atoms with E-state index in [1.54, 1.807) is 6.07 Å². The molecule has 138 valence electrons. The van der Waals surface area contributed by atoms with Crippen LogP contribution in [-0.4, -0.2) is 12.5 Å². The molecule has 2 rings (SSSR count). The Morgan fingerprint density at radius 2 is 1.74 bits per heavy atom. The first kappa shape index (κ1) is 19.7. The Kier molecular flexibility index (Phi) is 5.99. The van der Waals surface area contributed by atoms with E-state index in [4.69, 9.17) is 15.3 Å². The molecular formula is C18H11F4N3O2. The molecule has 0 atom stereocenters. The van der Waals surface area contributed by atoms with Crippen molar-refractivity contribution in [1.29, 1.82) is 10.5 Å². The van der Waals surface area contributed by atoms with E-state index >= 15 is 0 Å². The fourth-order valence-corrected chi connectivity index (χ4v) is 2.12. The topological polar surface area (TPSA) is 85.9 Å². The Morgan fingerprint density at radius 3 is 2.33 bits per heavy atom. The van der Waals surface area contributed by atoms with Gasteiger partial charge in [-0.1, -0.05) is 0 Å². The molecular weight excluding hydrogens is 366 g/mol. The average molecular weight is 377 g/mol. The summed E-state index contributed by atoms with van der Waals surface area (Å²) in [6, 6.07) is 9.49. The molecule has 5 nitrogen and oxygen atoms in total. The van der Waals surface area contributed by atoms with Gasteiger partial charge in [-0.3, -0.25) is 4.79 Å². The highest BCUT2D eigenvalue weighted by molar-refractivity contribution is 5.91. The molecule has 2 aromatic rings. The maximum absolute atomic E-state index is 13.4. The van der Waals surface area contributed by atoms with Crippen LogP contribution in [0.1, 0.15) is 23.1 Å². The van der Waals surface area contributed by atoms with E-state index in [2.05, 4.69) is 5.32 Å². The molecule has 0 fully saturated rings. The van der Waals surface area contributed by atoms with Crippen LogP contribution in [0.2, 0.25) is 0 Å². The maximum Gasteiger partial charge on any atom is 0.417 e. The number of alkyl halides is 3. The van der Waals surface area contributed by atoms with Crippen LogP contribution in [-0.2, 0) is 11.0 Å². The van der Waals surface area contributed by atoms with Crippen molar-refractivity contribution in [2.75, 3.05) is 11.9 Å². The van der Waals surface area contributed by atoms with Crippen molar-refractivity contribution in [2.24, 2.45) is 0 Å². The molecule has 0 radical (unpaired) electrons. The van der Waals surface area contributed by atoms with Gasteiger partial charge in [-0.15, -0.1) is 0 Å². The van der Waals surface area contributed by atoms with Crippen LogP contribution < -0.4 is 10.1 Å². The number of anilines is 1. The van der Waals surface area contributed by atoms with Gasteiger partial charge in [-0.25, -0.2) is 4.39 Å². The molecule has 0 aliphatic carbocycles. The summed E-state index contributed by atoms with van der Waals surface area (Å²) in [6.07, 6.45) is -4.93. The zero-order chi connectivity index (χ0) is 20.0. The van der Waals surface area contributed by atoms with Crippen molar-refractivity contribution in [1.82, 2.24) is 0 Å². The molecule has 0 heterocycles. The largest absolute Gasteiger partial charge is 0.493 e. The number of carbonyl (C=O) groups is 1. The van der Waals surface area contributed by atoms with Crippen LogP contribution in [0.15, 0.2) is 36.4 Å². The first-order valence-electron chi connectivity index (χ1n) is 7.48. The third-order valence-corrected chi connectivity index (χ3v) is 3.39. The van der Waals surface area contributed by atoms with Crippen LogP contribution in [0.5, 0.6) is 5.75 Å². The second kappa shape index (κ2) is 8.19. The van der Waals surface area contributed by atoms with Gasteiger partial charge in [0.2, 0.25) is 5.91 Å². The van der Waals surface area contributed by atoms with Crippen molar-refractivity contribution in [3.63, 3.8) is 0 Å². The van der Waals surface area contributed by atoms with Gasteiger partial charge >= 0.3 is 6.18 Å². The van der Waals surface area contributed by atoms with Crippen LogP contribution in [0, 0.1) is 28.5 Å². The predicted octanol–water partition coefficient (Wildman–Crippen LogP) is 4.00. The van der Waals surface area contributed by atoms with Gasteiger partial charge in [-0.2, -0.15) is 23.7 Å². The van der Waals surface area contributed by atoms with Gasteiger partial charge in [-0.05, 0) is 30.3 Å². The molecule has 1 N–H and O–H groups in total. The minimum atomic E-state index is -4.73. The third-order valence-electron chi connectivity index (χ3n) is 3.39. The first-order valence-corrected chi connectivity index (χ1v) is 7.48. The highest BCUT2D eigenvalue weighted by atomic mass is 19.4. The number of carbonyl (C=O) groups excluding carboxylic acids is 1. The molecule has 0 aliphatic heterocycles. The smallest absolute Gasteiger partial charge is 0.417 e. The number of hydrogen-bond donors (Lipinski definition) is 1. The summed E-state index contributed by atoms with van der Waals surface area (Å²) in [6.45, 7) is -0.153. The lowest BCUT2D eigenvalue weighted by molar-refractivity contribution is -0.137. The van der Waals surface area contributed by atoms with Crippen molar-refractivity contribution < 1.29 is 27.1 Å². The number of nitrogens with zero attached hydrogens (tertiary/aromatic N) is 2. The third kappa shape index (κ3) is 5.19. The van der Waals surface area contributed by atoms with Gasteiger partial charge in [0, 0.05) is 11.8 Å². The quantitative estimate of drug-likeness (QED) is 0.798. The van der Waals surface area contributed by atoms with Gasteiger partial charge in [0.1, 0.15) is 17.6 Å². The molecule has 9 heteroatoms. The molecule has 0 aliphatic rings. The van der Waals surface area contributed by atoms with E-state index in [9.17, 15) is 22.4 Å². The highest BCUT2D eigenvalue weighted by Gasteiger charge is 2.33. The summed E-state index contributed by atoms with van der Waals surface area (Å²) < 4.78 is 57.3. The number of halogens is 4. The SMILES string of the molecule is N#Cc1ccc(OCCC(=O)Nc2ccc(C#N)c(C(F)(F)F)c2)cc1F. The lowest BCUT2D eigenvalue weighted by Crippen LogP contribution is -2.16. The Labute approximate surface area is 151 Å². The number of amides is 1. The Hall–Kier alpha value is -3.59. The molecule has 0 saturated heterocycles. The normalized spacial score (nSPS) is 10.6. The standard InChI is InChI=1S/C18H11F4N3O2/c19-16-8-14(4-2-12(16)10-24)27-6-5-17(26)25-13-3-1-11(9-23)15(7-13)18(20,21)22/h1-4,7-8H,5-6H2,(H,25,26). The number of benzene rings is 2. The number of rotatable bonds is 5. The lowest BCUT2D eigenvalue weighted by atomic mass is 10.1. The number of nitrogens with one attached hydrogen (secondary N) is 1. The highest BCUT2D eigenvalue weighted by Crippen LogP contribution is 2.33. The summed E-state index contributed by atoms with van der Waals surface area (Å²) in [5.74, 6) is -1.28. The molecule has 27 heavy (non-hydrogen) atoms. The van der Waals surface area contributed by atoms with Gasteiger partial charge in [0.05, 0.1) is 35.8 Å². The Balaban J connectivity index is 1.95. The monoisotopic (exact) mass is 377 g/mol.